The molecule has 0 saturated carbocycles. The Morgan fingerprint density at radius 3 is 2.55 bits per heavy atom. The van der Waals surface area contributed by atoms with Crippen LogP contribution in [0.2, 0.25) is 0 Å². The highest BCUT2D eigenvalue weighted by Crippen LogP contribution is 2.32. The van der Waals surface area contributed by atoms with Gasteiger partial charge in [0.2, 0.25) is 5.88 Å². The summed E-state index contributed by atoms with van der Waals surface area (Å²) >= 11 is 0. The molecule has 0 atom stereocenters. The van der Waals surface area contributed by atoms with Crippen LogP contribution in [0.3, 0.4) is 0 Å². The van der Waals surface area contributed by atoms with E-state index in [1.807, 2.05) is 42.5 Å². The van der Waals surface area contributed by atoms with Gasteiger partial charge in [0, 0.05) is 12.1 Å². The van der Waals surface area contributed by atoms with Crippen LogP contribution in [0, 0.1) is 0 Å². The van der Waals surface area contributed by atoms with Gasteiger partial charge in [-0.05, 0) is 17.5 Å². The number of aryl methyl sites for hydroxylation is 1. The molecule has 146 valence electrons. The average molecular weight is 388 g/mol. The van der Waals surface area contributed by atoms with Crippen LogP contribution < -0.4 is 10.1 Å². The summed E-state index contributed by atoms with van der Waals surface area (Å²) in [6.07, 6.45) is 2.31. The fourth-order valence-corrected chi connectivity index (χ4v) is 2.94. The zero-order chi connectivity index (χ0) is 20.1. The predicted molar refractivity (Wildman–Crippen MR) is 108 cm³/mol. The zero-order valence-electron chi connectivity index (χ0n) is 16.0. The molecule has 1 amide bonds. The summed E-state index contributed by atoms with van der Waals surface area (Å²) in [5, 5.41) is 7.48. The SMILES string of the molecule is CCc1ccc(CNC(=O)COc2ncnc3onc(-c4ccccc4)c23)cc1. The molecule has 0 aliphatic carbocycles. The molecule has 29 heavy (non-hydrogen) atoms. The lowest BCUT2D eigenvalue weighted by molar-refractivity contribution is -0.123. The molecule has 2 aromatic heterocycles. The van der Waals surface area contributed by atoms with E-state index in [0.717, 1.165) is 17.5 Å². The molecule has 1 N–H and O–H groups in total. The Labute approximate surface area is 167 Å². The second-order valence-electron chi connectivity index (χ2n) is 6.49. The van der Waals surface area contributed by atoms with Gasteiger partial charge in [-0.1, -0.05) is 66.7 Å². The number of amides is 1. The fraction of sp³-hybridized carbons (Fsp3) is 0.182. The Morgan fingerprint density at radius 1 is 1.03 bits per heavy atom. The first-order chi connectivity index (χ1) is 14.2. The molecule has 0 saturated heterocycles. The molecule has 0 radical (unpaired) electrons. The van der Waals surface area contributed by atoms with E-state index in [-0.39, 0.29) is 18.4 Å². The number of aromatic nitrogens is 3. The van der Waals surface area contributed by atoms with E-state index < -0.39 is 0 Å². The number of carbonyl (C=O) groups excluding carboxylic acids is 1. The predicted octanol–water partition coefficient (Wildman–Crippen LogP) is 3.54. The standard InChI is InChI=1S/C22H20N4O3/c1-2-15-8-10-16(11-9-15)12-23-18(27)13-28-21-19-20(17-6-4-3-5-7-17)26-29-22(19)25-14-24-21/h3-11,14H,2,12-13H2,1H3,(H,23,27). The molecule has 7 heteroatoms. The van der Waals surface area contributed by atoms with Crippen molar-refractivity contribution in [2.45, 2.75) is 19.9 Å². The van der Waals surface area contributed by atoms with Gasteiger partial charge in [-0.15, -0.1) is 0 Å². The van der Waals surface area contributed by atoms with E-state index in [9.17, 15) is 4.79 Å². The molecule has 4 aromatic rings. The number of ether oxygens (including phenoxy) is 1. The lowest BCUT2D eigenvalue weighted by Crippen LogP contribution is -2.28. The monoisotopic (exact) mass is 388 g/mol. The van der Waals surface area contributed by atoms with Crippen molar-refractivity contribution in [2.75, 3.05) is 6.61 Å². The molecule has 0 unspecified atom stereocenters. The maximum Gasteiger partial charge on any atom is 0.265 e. The maximum atomic E-state index is 12.2. The third-order valence-electron chi connectivity index (χ3n) is 4.55. The molecule has 7 nitrogen and oxygen atoms in total. The number of rotatable bonds is 7. The number of nitrogens with one attached hydrogen (secondary N) is 1. The van der Waals surface area contributed by atoms with E-state index >= 15 is 0 Å². The molecule has 2 heterocycles. The largest absolute Gasteiger partial charge is 0.467 e. The van der Waals surface area contributed by atoms with Gasteiger partial charge in [0.25, 0.3) is 11.6 Å². The maximum absolute atomic E-state index is 12.2. The van der Waals surface area contributed by atoms with Gasteiger partial charge >= 0.3 is 0 Å². The van der Waals surface area contributed by atoms with Crippen molar-refractivity contribution in [3.63, 3.8) is 0 Å². The Balaban J connectivity index is 1.44. The van der Waals surface area contributed by atoms with E-state index in [0.29, 0.717) is 23.3 Å². The lowest BCUT2D eigenvalue weighted by atomic mass is 10.1. The lowest BCUT2D eigenvalue weighted by Gasteiger charge is -2.08. The number of fused-ring (bicyclic) bond motifs is 1. The third-order valence-corrected chi connectivity index (χ3v) is 4.55. The van der Waals surface area contributed by atoms with Crippen LogP contribution in [0.1, 0.15) is 18.1 Å². The first-order valence-corrected chi connectivity index (χ1v) is 9.37. The summed E-state index contributed by atoms with van der Waals surface area (Å²) in [7, 11) is 0. The van der Waals surface area contributed by atoms with E-state index in [1.165, 1.54) is 11.9 Å². The quantitative estimate of drug-likeness (QED) is 0.521. The first-order valence-electron chi connectivity index (χ1n) is 9.37. The van der Waals surface area contributed by atoms with Crippen LogP contribution in [0.4, 0.5) is 0 Å². The number of hydrogen-bond donors (Lipinski definition) is 1. The van der Waals surface area contributed by atoms with Crippen LogP contribution >= 0.6 is 0 Å². The van der Waals surface area contributed by atoms with Crippen molar-refractivity contribution in [1.82, 2.24) is 20.4 Å². The normalized spacial score (nSPS) is 10.8. The summed E-state index contributed by atoms with van der Waals surface area (Å²) in [4.78, 5) is 20.5. The minimum absolute atomic E-state index is 0.168. The van der Waals surface area contributed by atoms with Gasteiger partial charge in [-0.25, -0.2) is 4.98 Å². The van der Waals surface area contributed by atoms with Gasteiger partial charge in [-0.2, -0.15) is 4.98 Å². The third kappa shape index (κ3) is 4.24. The average Bonchev–Trinajstić information content (AvgIpc) is 3.22. The van der Waals surface area contributed by atoms with Crippen molar-refractivity contribution in [3.05, 3.63) is 72.1 Å². The highest BCUT2D eigenvalue weighted by molar-refractivity contribution is 5.93. The fourth-order valence-electron chi connectivity index (χ4n) is 2.94. The minimum Gasteiger partial charge on any atom is -0.467 e. The molecule has 4 rings (SSSR count). The molecule has 0 bridgehead atoms. The summed E-state index contributed by atoms with van der Waals surface area (Å²) in [6.45, 7) is 2.38. The summed E-state index contributed by atoms with van der Waals surface area (Å²) in [6, 6.07) is 17.7. The van der Waals surface area contributed by atoms with Crippen LogP contribution in [0.25, 0.3) is 22.4 Å². The molecule has 0 fully saturated rings. The topological polar surface area (TPSA) is 90.1 Å². The second kappa shape index (κ2) is 8.52. The van der Waals surface area contributed by atoms with E-state index in [1.54, 1.807) is 0 Å². The van der Waals surface area contributed by atoms with Gasteiger partial charge in [-0.3, -0.25) is 4.79 Å². The number of hydrogen-bond acceptors (Lipinski definition) is 6. The minimum atomic E-state index is -0.242. The smallest absolute Gasteiger partial charge is 0.265 e. The van der Waals surface area contributed by atoms with Crippen molar-refractivity contribution >= 4 is 17.0 Å². The molecular formula is C22H20N4O3. The first kappa shape index (κ1) is 18.6. The van der Waals surface area contributed by atoms with Gasteiger partial charge in [0.1, 0.15) is 17.4 Å². The Hall–Kier alpha value is -3.74. The van der Waals surface area contributed by atoms with Crippen LogP contribution in [-0.2, 0) is 17.8 Å². The summed E-state index contributed by atoms with van der Waals surface area (Å²) in [5.41, 5.74) is 4.04. The van der Waals surface area contributed by atoms with Crippen molar-refractivity contribution in [2.24, 2.45) is 0 Å². The molecule has 0 spiro atoms. The van der Waals surface area contributed by atoms with Crippen LogP contribution in [-0.4, -0.2) is 27.6 Å². The molecular weight excluding hydrogens is 368 g/mol. The zero-order valence-corrected chi connectivity index (χ0v) is 16.0. The second-order valence-corrected chi connectivity index (χ2v) is 6.49. The van der Waals surface area contributed by atoms with Crippen molar-refractivity contribution in [1.29, 1.82) is 0 Å². The number of nitrogens with zero attached hydrogens (tertiary/aromatic N) is 3. The number of carbonyl (C=O) groups is 1. The van der Waals surface area contributed by atoms with Crippen molar-refractivity contribution in [3.8, 4) is 17.1 Å². The van der Waals surface area contributed by atoms with Gasteiger partial charge in [0.15, 0.2) is 6.61 Å². The highest BCUT2D eigenvalue weighted by Gasteiger charge is 2.18. The summed E-state index contributed by atoms with van der Waals surface area (Å²) < 4.78 is 11.0. The van der Waals surface area contributed by atoms with Crippen molar-refractivity contribution < 1.29 is 14.1 Å². The Morgan fingerprint density at radius 2 is 1.79 bits per heavy atom. The summed E-state index contributed by atoms with van der Waals surface area (Å²) in [5.74, 6) is 0.0200. The highest BCUT2D eigenvalue weighted by atomic mass is 16.5. The van der Waals surface area contributed by atoms with Gasteiger partial charge in [0.05, 0.1) is 0 Å². The van der Waals surface area contributed by atoms with Crippen LogP contribution in [0.5, 0.6) is 5.88 Å². The molecule has 0 aliphatic heterocycles. The molecule has 0 aliphatic rings. The Bertz CT molecular complexity index is 1110. The molecule has 2 aromatic carbocycles. The Kier molecular flexibility index (Phi) is 5.47. The number of benzene rings is 2. The van der Waals surface area contributed by atoms with E-state index in [2.05, 4.69) is 39.5 Å². The van der Waals surface area contributed by atoms with E-state index in [4.69, 9.17) is 9.26 Å². The van der Waals surface area contributed by atoms with Crippen LogP contribution in [0.15, 0.2) is 65.4 Å². The van der Waals surface area contributed by atoms with Gasteiger partial charge < -0.3 is 14.6 Å².